The lowest BCUT2D eigenvalue weighted by molar-refractivity contribution is -0.200. The van der Waals surface area contributed by atoms with Gasteiger partial charge in [-0.1, -0.05) is 6.92 Å². The molecule has 0 radical (unpaired) electrons. The summed E-state index contributed by atoms with van der Waals surface area (Å²) in [4.78, 5) is 2.49. The Morgan fingerprint density at radius 3 is 2.50 bits per heavy atom. The Balaban J connectivity index is 2.07. The second-order valence-electron chi connectivity index (χ2n) is 5.60. The van der Waals surface area contributed by atoms with Crippen molar-refractivity contribution >= 4 is 0 Å². The zero-order valence-electron chi connectivity index (χ0n) is 10.5. The lowest BCUT2D eigenvalue weighted by atomic mass is 9.63. The molecule has 0 aromatic carbocycles. The predicted molar refractivity (Wildman–Crippen MR) is 65.0 cm³/mol. The van der Waals surface area contributed by atoms with Crippen LogP contribution < -0.4 is 11.5 Å². The van der Waals surface area contributed by atoms with E-state index >= 15 is 0 Å². The number of rotatable bonds is 3. The summed E-state index contributed by atoms with van der Waals surface area (Å²) in [5.74, 6) is 1.23. The first kappa shape index (κ1) is 12.3. The number of likely N-dealkylation sites (tertiary alicyclic amines) is 1. The standard InChI is InChI=1S/C12H25N3O/c1-9-5-15(10(2)3-13)6-11(4-14)12(9)7-16-8-12/h9-11H,3-8,13-14H2,1-2H3. The van der Waals surface area contributed by atoms with Crippen molar-refractivity contribution in [2.24, 2.45) is 28.7 Å². The molecule has 4 heteroatoms. The molecular weight excluding hydrogens is 202 g/mol. The highest BCUT2D eigenvalue weighted by atomic mass is 16.5. The quantitative estimate of drug-likeness (QED) is 0.705. The molecule has 2 aliphatic rings. The fourth-order valence-corrected chi connectivity index (χ4v) is 3.15. The third-order valence-corrected chi connectivity index (χ3v) is 4.75. The normalized spacial score (nSPS) is 36.0. The Morgan fingerprint density at radius 1 is 1.38 bits per heavy atom. The monoisotopic (exact) mass is 227 g/mol. The van der Waals surface area contributed by atoms with E-state index in [0.29, 0.717) is 23.3 Å². The first-order valence-electron chi connectivity index (χ1n) is 6.36. The lowest BCUT2D eigenvalue weighted by Gasteiger charge is -2.57. The van der Waals surface area contributed by atoms with Crippen molar-refractivity contribution in [3.63, 3.8) is 0 Å². The highest BCUT2D eigenvalue weighted by Crippen LogP contribution is 2.46. The number of nitrogens with zero attached hydrogens (tertiary/aromatic N) is 1. The maximum atomic E-state index is 5.94. The summed E-state index contributed by atoms with van der Waals surface area (Å²) in [6.45, 7) is 10.1. The van der Waals surface area contributed by atoms with Crippen LogP contribution in [0.15, 0.2) is 0 Å². The molecule has 94 valence electrons. The van der Waals surface area contributed by atoms with Gasteiger partial charge in [0.15, 0.2) is 0 Å². The number of nitrogens with two attached hydrogens (primary N) is 2. The largest absolute Gasteiger partial charge is 0.380 e. The number of hydrogen-bond donors (Lipinski definition) is 2. The molecule has 0 amide bonds. The van der Waals surface area contributed by atoms with Gasteiger partial charge in [0.2, 0.25) is 0 Å². The molecule has 3 unspecified atom stereocenters. The molecule has 2 saturated heterocycles. The van der Waals surface area contributed by atoms with Gasteiger partial charge in [-0.05, 0) is 25.3 Å². The summed E-state index contributed by atoms with van der Waals surface area (Å²) in [6, 6.07) is 0.467. The molecule has 0 aromatic rings. The van der Waals surface area contributed by atoms with Crippen molar-refractivity contribution in [1.29, 1.82) is 0 Å². The highest BCUT2D eigenvalue weighted by Gasteiger charge is 2.52. The fourth-order valence-electron chi connectivity index (χ4n) is 3.15. The molecule has 4 N–H and O–H groups in total. The molecular formula is C12H25N3O. The van der Waals surface area contributed by atoms with Crippen LogP contribution in [0.2, 0.25) is 0 Å². The van der Waals surface area contributed by atoms with Crippen LogP contribution in [0.1, 0.15) is 13.8 Å². The number of piperidine rings is 1. The second-order valence-corrected chi connectivity index (χ2v) is 5.60. The van der Waals surface area contributed by atoms with Crippen LogP contribution in [0.4, 0.5) is 0 Å². The zero-order valence-corrected chi connectivity index (χ0v) is 10.5. The molecule has 0 bridgehead atoms. The van der Waals surface area contributed by atoms with Gasteiger partial charge in [0.05, 0.1) is 13.2 Å². The molecule has 0 aliphatic carbocycles. The molecule has 4 nitrogen and oxygen atoms in total. The minimum Gasteiger partial charge on any atom is -0.380 e. The Bertz CT molecular complexity index is 242. The van der Waals surface area contributed by atoms with Gasteiger partial charge in [0.25, 0.3) is 0 Å². The maximum Gasteiger partial charge on any atom is 0.0551 e. The van der Waals surface area contributed by atoms with Gasteiger partial charge in [0.1, 0.15) is 0 Å². The molecule has 2 fully saturated rings. The second kappa shape index (κ2) is 4.61. The van der Waals surface area contributed by atoms with E-state index in [1.807, 2.05) is 0 Å². The van der Waals surface area contributed by atoms with E-state index in [9.17, 15) is 0 Å². The summed E-state index contributed by atoms with van der Waals surface area (Å²) in [5, 5.41) is 0. The minimum absolute atomic E-state index is 0.361. The average Bonchev–Trinajstić information content (AvgIpc) is 2.24. The van der Waals surface area contributed by atoms with Crippen LogP contribution in [0.25, 0.3) is 0 Å². The van der Waals surface area contributed by atoms with Crippen LogP contribution in [0, 0.1) is 17.3 Å². The summed E-state index contributed by atoms with van der Waals surface area (Å²) in [6.07, 6.45) is 0. The van der Waals surface area contributed by atoms with E-state index in [0.717, 1.165) is 39.4 Å². The van der Waals surface area contributed by atoms with Crippen molar-refractivity contribution in [2.45, 2.75) is 19.9 Å². The first-order chi connectivity index (χ1) is 7.64. The Labute approximate surface area is 98.3 Å². The fraction of sp³-hybridized carbons (Fsp3) is 1.00. The third-order valence-electron chi connectivity index (χ3n) is 4.75. The van der Waals surface area contributed by atoms with Gasteiger partial charge >= 0.3 is 0 Å². The molecule has 0 saturated carbocycles. The molecule has 0 aromatic heterocycles. The van der Waals surface area contributed by atoms with E-state index in [2.05, 4.69) is 18.7 Å². The smallest absolute Gasteiger partial charge is 0.0551 e. The van der Waals surface area contributed by atoms with Gasteiger partial charge in [0, 0.05) is 31.1 Å². The Kier molecular flexibility index (Phi) is 3.54. The Morgan fingerprint density at radius 2 is 2.06 bits per heavy atom. The minimum atomic E-state index is 0.361. The van der Waals surface area contributed by atoms with E-state index < -0.39 is 0 Å². The van der Waals surface area contributed by atoms with Gasteiger partial charge in [-0.15, -0.1) is 0 Å². The highest BCUT2D eigenvalue weighted by molar-refractivity contribution is 5.01. The van der Waals surface area contributed by atoms with Crippen molar-refractivity contribution in [1.82, 2.24) is 4.90 Å². The predicted octanol–water partition coefficient (Wildman–Crippen LogP) is -0.123. The van der Waals surface area contributed by atoms with Gasteiger partial charge in [-0.3, -0.25) is 4.90 Å². The van der Waals surface area contributed by atoms with Crippen LogP contribution in [-0.4, -0.2) is 50.3 Å². The van der Waals surface area contributed by atoms with E-state index in [4.69, 9.17) is 16.2 Å². The summed E-state index contributed by atoms with van der Waals surface area (Å²) in [7, 11) is 0. The van der Waals surface area contributed by atoms with Crippen molar-refractivity contribution in [3.8, 4) is 0 Å². The van der Waals surface area contributed by atoms with Crippen LogP contribution in [0.5, 0.6) is 0 Å². The van der Waals surface area contributed by atoms with Crippen molar-refractivity contribution in [3.05, 3.63) is 0 Å². The van der Waals surface area contributed by atoms with Gasteiger partial charge in [-0.25, -0.2) is 0 Å². The zero-order chi connectivity index (χ0) is 11.8. The number of hydrogen-bond acceptors (Lipinski definition) is 4. The van der Waals surface area contributed by atoms with Crippen molar-refractivity contribution in [2.75, 3.05) is 39.4 Å². The van der Waals surface area contributed by atoms with Crippen LogP contribution >= 0.6 is 0 Å². The van der Waals surface area contributed by atoms with Crippen molar-refractivity contribution < 1.29 is 4.74 Å². The maximum absolute atomic E-state index is 5.94. The first-order valence-corrected chi connectivity index (χ1v) is 6.36. The topological polar surface area (TPSA) is 64.5 Å². The molecule has 2 aliphatic heterocycles. The van der Waals surface area contributed by atoms with E-state index in [1.54, 1.807) is 0 Å². The molecule has 2 rings (SSSR count). The number of ether oxygens (including phenoxy) is 1. The van der Waals surface area contributed by atoms with Gasteiger partial charge < -0.3 is 16.2 Å². The van der Waals surface area contributed by atoms with Crippen LogP contribution in [0.3, 0.4) is 0 Å². The van der Waals surface area contributed by atoms with E-state index in [1.165, 1.54) is 0 Å². The Hall–Kier alpha value is -0.160. The molecule has 2 heterocycles. The molecule has 1 spiro atoms. The lowest BCUT2D eigenvalue weighted by Crippen LogP contribution is -2.64. The average molecular weight is 227 g/mol. The summed E-state index contributed by atoms with van der Waals surface area (Å²) in [5.41, 5.74) is 12.1. The third kappa shape index (κ3) is 1.78. The molecule has 16 heavy (non-hydrogen) atoms. The SMILES string of the molecule is CC(CN)N1CC(C)C2(COC2)C(CN)C1. The van der Waals surface area contributed by atoms with Gasteiger partial charge in [-0.2, -0.15) is 0 Å². The summed E-state index contributed by atoms with van der Waals surface area (Å²) >= 11 is 0. The molecule has 3 atom stereocenters. The summed E-state index contributed by atoms with van der Waals surface area (Å²) < 4.78 is 5.44. The van der Waals surface area contributed by atoms with Crippen LogP contribution in [-0.2, 0) is 4.74 Å². The van der Waals surface area contributed by atoms with E-state index in [-0.39, 0.29) is 0 Å².